The minimum atomic E-state index is -0.894. The lowest BCUT2D eigenvalue weighted by molar-refractivity contribution is -0.142. The molecule has 6 nitrogen and oxygen atoms in total. The summed E-state index contributed by atoms with van der Waals surface area (Å²) in [6.45, 7) is 5.50. The molecule has 1 amide bonds. The first-order chi connectivity index (χ1) is 10.9. The zero-order valence-corrected chi connectivity index (χ0v) is 16.9. The molecule has 2 aliphatic heterocycles. The van der Waals surface area contributed by atoms with Crippen LogP contribution in [0.1, 0.15) is 39.0 Å². The molecule has 8 heteroatoms. The summed E-state index contributed by atoms with van der Waals surface area (Å²) in [7, 11) is 2.18. The van der Waals surface area contributed by atoms with Crippen molar-refractivity contribution < 1.29 is 14.7 Å². The van der Waals surface area contributed by atoms with Crippen molar-refractivity contribution in [3.63, 3.8) is 0 Å². The average Bonchev–Trinajstić information content (AvgIpc) is 2.55. The molecule has 2 aliphatic rings. The van der Waals surface area contributed by atoms with E-state index in [4.69, 9.17) is 10.8 Å². The van der Waals surface area contributed by atoms with E-state index >= 15 is 0 Å². The molecule has 0 radical (unpaired) electrons. The number of likely N-dealkylation sites (tertiary alicyclic amines) is 2. The van der Waals surface area contributed by atoms with Crippen molar-refractivity contribution in [3.05, 3.63) is 0 Å². The lowest BCUT2D eigenvalue weighted by atomic mass is 9.79. The lowest BCUT2D eigenvalue weighted by Crippen LogP contribution is -2.49. The highest BCUT2D eigenvalue weighted by molar-refractivity contribution is 5.85. The first-order valence-corrected chi connectivity index (χ1v) is 8.84. The average molecular weight is 398 g/mol. The molecule has 2 atom stereocenters. The highest BCUT2D eigenvalue weighted by Crippen LogP contribution is 2.32. The van der Waals surface area contributed by atoms with Gasteiger partial charge in [0.05, 0.1) is 12.0 Å². The number of aliphatic carboxylic acids is 1. The van der Waals surface area contributed by atoms with E-state index in [0.29, 0.717) is 0 Å². The van der Waals surface area contributed by atoms with Gasteiger partial charge in [0.2, 0.25) is 5.91 Å². The van der Waals surface area contributed by atoms with Gasteiger partial charge >= 0.3 is 5.97 Å². The molecule has 2 fully saturated rings. The van der Waals surface area contributed by atoms with Gasteiger partial charge in [0.15, 0.2) is 0 Å². The summed E-state index contributed by atoms with van der Waals surface area (Å²) in [6.07, 6.45) is 4.86. The van der Waals surface area contributed by atoms with Crippen LogP contribution in [0.3, 0.4) is 0 Å². The minimum absolute atomic E-state index is 0. The largest absolute Gasteiger partial charge is 0.481 e. The molecule has 0 saturated carbocycles. The van der Waals surface area contributed by atoms with Crippen LogP contribution < -0.4 is 5.73 Å². The molecule has 2 saturated heterocycles. The molecular weight excluding hydrogens is 365 g/mol. The van der Waals surface area contributed by atoms with Gasteiger partial charge in [-0.2, -0.15) is 0 Å². The van der Waals surface area contributed by atoms with Crippen molar-refractivity contribution in [2.24, 2.45) is 23.5 Å². The molecule has 25 heavy (non-hydrogen) atoms. The lowest BCUT2D eigenvalue weighted by Gasteiger charge is -2.40. The van der Waals surface area contributed by atoms with Gasteiger partial charge in [0.25, 0.3) is 0 Å². The van der Waals surface area contributed by atoms with E-state index in [2.05, 4.69) is 11.9 Å². The Balaban J connectivity index is 0.00000288. The second-order valence-corrected chi connectivity index (χ2v) is 7.38. The molecule has 2 heterocycles. The van der Waals surface area contributed by atoms with Crippen LogP contribution in [0.25, 0.3) is 0 Å². The second kappa shape index (κ2) is 11.2. The van der Waals surface area contributed by atoms with Crippen LogP contribution >= 0.6 is 24.8 Å². The molecule has 148 valence electrons. The SMILES string of the molecule is CC(C[C@@H](N)C(=O)N1CCC(C2CCN(C)CC2)CC1)C(=O)O.Cl.Cl. The van der Waals surface area contributed by atoms with Gasteiger partial charge in [0.1, 0.15) is 0 Å². The first-order valence-electron chi connectivity index (χ1n) is 8.84. The molecule has 0 bridgehead atoms. The van der Waals surface area contributed by atoms with Crippen LogP contribution in [0.15, 0.2) is 0 Å². The summed E-state index contributed by atoms with van der Waals surface area (Å²) in [5.41, 5.74) is 5.92. The maximum absolute atomic E-state index is 12.4. The third-order valence-corrected chi connectivity index (χ3v) is 5.63. The van der Waals surface area contributed by atoms with Crippen molar-refractivity contribution in [2.45, 2.75) is 45.1 Å². The molecule has 0 aliphatic carbocycles. The van der Waals surface area contributed by atoms with Gasteiger partial charge in [-0.25, -0.2) is 0 Å². The third-order valence-electron chi connectivity index (χ3n) is 5.63. The number of carboxylic acid groups (broad SMARTS) is 1. The molecule has 0 aromatic heterocycles. The number of carboxylic acids is 1. The van der Waals surface area contributed by atoms with E-state index in [9.17, 15) is 9.59 Å². The van der Waals surface area contributed by atoms with E-state index in [1.807, 2.05) is 4.90 Å². The molecule has 0 aromatic rings. The second-order valence-electron chi connectivity index (χ2n) is 7.38. The number of carbonyl (C=O) groups excluding carboxylic acids is 1. The topological polar surface area (TPSA) is 86.9 Å². The monoisotopic (exact) mass is 397 g/mol. The van der Waals surface area contributed by atoms with Gasteiger partial charge in [-0.15, -0.1) is 24.8 Å². The fourth-order valence-corrected chi connectivity index (χ4v) is 3.91. The Hall–Kier alpha value is -0.560. The van der Waals surface area contributed by atoms with Crippen LogP contribution in [0.5, 0.6) is 0 Å². The van der Waals surface area contributed by atoms with Crippen LogP contribution in [0.2, 0.25) is 0 Å². The van der Waals surface area contributed by atoms with E-state index in [1.165, 1.54) is 25.9 Å². The van der Waals surface area contributed by atoms with Crippen LogP contribution in [-0.4, -0.2) is 66.1 Å². The van der Waals surface area contributed by atoms with Gasteiger partial charge in [-0.1, -0.05) is 6.92 Å². The Morgan fingerprint density at radius 3 is 1.92 bits per heavy atom. The van der Waals surface area contributed by atoms with Crippen molar-refractivity contribution in [1.82, 2.24) is 9.80 Å². The van der Waals surface area contributed by atoms with Crippen LogP contribution in [0.4, 0.5) is 0 Å². The summed E-state index contributed by atoms with van der Waals surface area (Å²) >= 11 is 0. The van der Waals surface area contributed by atoms with Gasteiger partial charge in [-0.05, 0) is 64.1 Å². The van der Waals surface area contributed by atoms with E-state index in [0.717, 1.165) is 37.8 Å². The fourth-order valence-electron chi connectivity index (χ4n) is 3.91. The van der Waals surface area contributed by atoms with Gasteiger partial charge < -0.3 is 20.6 Å². The van der Waals surface area contributed by atoms with E-state index in [1.54, 1.807) is 6.92 Å². The van der Waals surface area contributed by atoms with E-state index in [-0.39, 0.29) is 37.1 Å². The number of piperidine rings is 2. The zero-order chi connectivity index (χ0) is 17.0. The fraction of sp³-hybridized carbons (Fsp3) is 0.882. The number of carbonyl (C=O) groups is 2. The summed E-state index contributed by atoms with van der Waals surface area (Å²) in [6, 6.07) is -0.694. The number of nitrogens with two attached hydrogens (primary N) is 1. The Labute approximate surface area is 163 Å². The molecule has 1 unspecified atom stereocenters. The summed E-state index contributed by atoms with van der Waals surface area (Å²) in [4.78, 5) is 27.5. The molecule has 0 aromatic carbocycles. The zero-order valence-electron chi connectivity index (χ0n) is 15.2. The van der Waals surface area contributed by atoms with E-state index < -0.39 is 17.9 Å². The third kappa shape index (κ3) is 6.93. The van der Waals surface area contributed by atoms with Crippen LogP contribution in [-0.2, 0) is 9.59 Å². The summed E-state index contributed by atoms with van der Waals surface area (Å²) in [5, 5.41) is 8.94. The van der Waals surface area contributed by atoms with Crippen LogP contribution in [0, 0.1) is 17.8 Å². The molecular formula is C17H33Cl2N3O3. The maximum atomic E-state index is 12.4. The number of rotatable bonds is 5. The summed E-state index contributed by atoms with van der Waals surface area (Å²) in [5.74, 6) is -0.0362. The normalized spacial score (nSPS) is 22.4. The highest BCUT2D eigenvalue weighted by atomic mass is 35.5. The Kier molecular flexibility index (Phi) is 11.0. The standard InChI is InChI=1S/C17H31N3O3.2ClH/c1-12(17(22)23)11-15(18)16(21)20-9-5-14(6-10-20)13-3-7-19(2)8-4-13;;/h12-15H,3-11,18H2,1-2H3,(H,22,23);2*1H/t12?,15-;;/m1../s1. The van der Waals surface area contributed by atoms with Crippen molar-refractivity contribution in [2.75, 3.05) is 33.2 Å². The number of halogens is 2. The van der Waals surface area contributed by atoms with Crippen molar-refractivity contribution in [3.8, 4) is 0 Å². The highest BCUT2D eigenvalue weighted by Gasteiger charge is 2.32. The quantitative estimate of drug-likeness (QED) is 0.738. The van der Waals surface area contributed by atoms with Gasteiger partial charge in [0, 0.05) is 13.1 Å². The Bertz CT molecular complexity index is 423. The summed E-state index contributed by atoms with van der Waals surface area (Å²) < 4.78 is 0. The van der Waals surface area contributed by atoms with Crippen molar-refractivity contribution in [1.29, 1.82) is 0 Å². The number of hydrogen-bond donors (Lipinski definition) is 2. The number of hydrogen-bond acceptors (Lipinski definition) is 4. The smallest absolute Gasteiger partial charge is 0.306 e. The van der Waals surface area contributed by atoms with Crippen molar-refractivity contribution >= 4 is 36.7 Å². The molecule has 0 spiro atoms. The number of amides is 1. The predicted octanol–water partition coefficient (Wildman–Crippen LogP) is 1.85. The maximum Gasteiger partial charge on any atom is 0.306 e. The molecule has 3 N–H and O–H groups in total. The Morgan fingerprint density at radius 1 is 1.04 bits per heavy atom. The Morgan fingerprint density at radius 2 is 1.48 bits per heavy atom. The van der Waals surface area contributed by atoms with Gasteiger partial charge in [-0.3, -0.25) is 9.59 Å². The predicted molar refractivity (Wildman–Crippen MR) is 103 cm³/mol. The number of nitrogens with zero attached hydrogens (tertiary/aromatic N) is 2. The minimum Gasteiger partial charge on any atom is -0.481 e. The first kappa shape index (κ1) is 24.4. The molecule has 2 rings (SSSR count).